The Bertz CT molecular complexity index is 420. The molecule has 1 aromatic rings. The number of amides is 1. The molecule has 0 aliphatic carbocycles. The average Bonchev–Trinajstić information content (AvgIpc) is 2.32. The molecule has 92 valence electrons. The van der Waals surface area contributed by atoms with Crippen LogP contribution in [-0.4, -0.2) is 32.7 Å². The van der Waals surface area contributed by atoms with Crippen LogP contribution in [0.1, 0.15) is 6.42 Å². The van der Waals surface area contributed by atoms with E-state index in [1.54, 1.807) is 17.0 Å². The molecule has 0 fully saturated rings. The van der Waals surface area contributed by atoms with Gasteiger partial charge in [0.2, 0.25) is 0 Å². The van der Waals surface area contributed by atoms with Gasteiger partial charge in [-0.25, -0.2) is 0 Å². The van der Waals surface area contributed by atoms with Gasteiger partial charge < -0.3 is 20.7 Å². The Hall–Kier alpha value is -1.75. The van der Waals surface area contributed by atoms with Crippen molar-refractivity contribution in [3.05, 3.63) is 18.2 Å². The van der Waals surface area contributed by atoms with Crippen LogP contribution in [0, 0.1) is 0 Å². The van der Waals surface area contributed by atoms with Crippen LogP contribution in [0.15, 0.2) is 18.2 Å². The van der Waals surface area contributed by atoms with Crippen molar-refractivity contribution in [2.45, 2.75) is 6.42 Å². The van der Waals surface area contributed by atoms with Gasteiger partial charge in [0.1, 0.15) is 5.75 Å². The third kappa shape index (κ3) is 2.50. The van der Waals surface area contributed by atoms with Crippen LogP contribution in [0.5, 0.6) is 5.75 Å². The van der Waals surface area contributed by atoms with Crippen LogP contribution in [0.2, 0.25) is 0 Å². The molecule has 0 unspecified atom stereocenters. The number of ether oxygens (including phenoxy) is 1. The number of anilines is 2. The molecule has 1 aromatic carbocycles. The number of carbonyl (C=O) groups excluding carboxylic acids is 1. The number of nitrogens with zero attached hydrogens (tertiary/aromatic N) is 1. The first-order valence-electron chi connectivity index (χ1n) is 5.69. The third-order valence-electron chi connectivity index (χ3n) is 2.73. The molecule has 1 aliphatic heterocycles. The molecule has 1 amide bonds. The van der Waals surface area contributed by atoms with Crippen molar-refractivity contribution in [1.82, 2.24) is 5.32 Å². The zero-order valence-electron chi connectivity index (χ0n) is 9.90. The van der Waals surface area contributed by atoms with Gasteiger partial charge in [-0.3, -0.25) is 4.79 Å². The maximum absolute atomic E-state index is 11.8. The lowest BCUT2D eigenvalue weighted by molar-refractivity contribution is -0.121. The Morgan fingerprint density at radius 3 is 3.12 bits per heavy atom. The molecule has 0 radical (unpaired) electrons. The van der Waals surface area contributed by atoms with Gasteiger partial charge in [-0.15, -0.1) is 0 Å². The van der Waals surface area contributed by atoms with Gasteiger partial charge in [-0.2, -0.15) is 0 Å². The van der Waals surface area contributed by atoms with Crippen molar-refractivity contribution >= 4 is 17.3 Å². The second-order valence-electron chi connectivity index (χ2n) is 4.02. The van der Waals surface area contributed by atoms with Gasteiger partial charge in [-0.05, 0) is 38.2 Å². The highest BCUT2D eigenvalue weighted by atomic mass is 16.5. The average molecular weight is 235 g/mol. The Labute approximate surface area is 101 Å². The fourth-order valence-corrected chi connectivity index (χ4v) is 1.88. The number of nitrogens with one attached hydrogen (secondary N) is 1. The number of rotatable bonds is 4. The number of nitrogens with two attached hydrogens (primary N) is 1. The highest BCUT2D eigenvalue weighted by Crippen LogP contribution is 2.33. The van der Waals surface area contributed by atoms with Gasteiger partial charge in [0.15, 0.2) is 6.61 Å². The number of hydrogen-bond acceptors (Lipinski definition) is 4. The van der Waals surface area contributed by atoms with E-state index in [1.807, 2.05) is 13.1 Å². The van der Waals surface area contributed by atoms with Crippen molar-refractivity contribution in [2.75, 3.05) is 37.4 Å². The Kier molecular flexibility index (Phi) is 3.49. The number of fused-ring (bicyclic) bond motifs is 1. The smallest absolute Gasteiger partial charge is 0.265 e. The summed E-state index contributed by atoms with van der Waals surface area (Å²) < 4.78 is 5.36. The fraction of sp³-hybridized carbons (Fsp3) is 0.417. The Balaban J connectivity index is 2.20. The fourth-order valence-electron chi connectivity index (χ4n) is 1.88. The van der Waals surface area contributed by atoms with Crippen LogP contribution >= 0.6 is 0 Å². The third-order valence-corrected chi connectivity index (χ3v) is 2.73. The molecule has 0 spiro atoms. The van der Waals surface area contributed by atoms with Gasteiger partial charge in [0.25, 0.3) is 5.91 Å². The lowest BCUT2D eigenvalue weighted by atomic mass is 10.2. The van der Waals surface area contributed by atoms with E-state index in [0.29, 0.717) is 12.2 Å². The van der Waals surface area contributed by atoms with Gasteiger partial charge >= 0.3 is 0 Å². The van der Waals surface area contributed by atoms with E-state index in [-0.39, 0.29) is 12.5 Å². The van der Waals surface area contributed by atoms with E-state index in [9.17, 15) is 4.79 Å². The molecule has 0 aromatic heterocycles. The second kappa shape index (κ2) is 5.05. The van der Waals surface area contributed by atoms with Gasteiger partial charge in [-0.1, -0.05) is 0 Å². The second-order valence-corrected chi connectivity index (χ2v) is 4.02. The van der Waals surface area contributed by atoms with Crippen LogP contribution in [0.3, 0.4) is 0 Å². The highest BCUT2D eigenvalue weighted by molar-refractivity contribution is 5.98. The maximum atomic E-state index is 11.8. The summed E-state index contributed by atoms with van der Waals surface area (Å²) in [4.78, 5) is 13.5. The van der Waals surface area contributed by atoms with Crippen LogP contribution in [0.25, 0.3) is 0 Å². The van der Waals surface area contributed by atoms with Crippen molar-refractivity contribution in [3.63, 3.8) is 0 Å². The molecule has 0 saturated heterocycles. The molecule has 3 N–H and O–H groups in total. The lowest BCUT2D eigenvalue weighted by Gasteiger charge is -2.29. The molecule has 1 aliphatic rings. The van der Waals surface area contributed by atoms with Crippen LogP contribution in [-0.2, 0) is 4.79 Å². The maximum Gasteiger partial charge on any atom is 0.265 e. The molecule has 0 saturated carbocycles. The molecule has 0 atom stereocenters. The summed E-state index contributed by atoms with van der Waals surface area (Å²) in [5.41, 5.74) is 7.15. The molecule has 17 heavy (non-hydrogen) atoms. The molecule has 1 heterocycles. The Morgan fingerprint density at radius 1 is 1.53 bits per heavy atom. The number of benzene rings is 1. The lowest BCUT2D eigenvalue weighted by Crippen LogP contribution is -2.40. The number of carbonyl (C=O) groups is 1. The van der Waals surface area contributed by atoms with Crippen molar-refractivity contribution < 1.29 is 9.53 Å². The molecule has 5 nitrogen and oxygen atoms in total. The minimum Gasteiger partial charge on any atom is -0.482 e. The van der Waals surface area contributed by atoms with Crippen LogP contribution in [0.4, 0.5) is 11.4 Å². The predicted molar refractivity (Wildman–Crippen MR) is 67.2 cm³/mol. The highest BCUT2D eigenvalue weighted by Gasteiger charge is 2.24. The largest absolute Gasteiger partial charge is 0.482 e. The minimum atomic E-state index is -0.0146. The van der Waals surface area contributed by atoms with E-state index in [2.05, 4.69) is 5.32 Å². The quantitative estimate of drug-likeness (QED) is 0.592. The summed E-state index contributed by atoms with van der Waals surface area (Å²) in [6.07, 6.45) is 0.899. The first-order chi connectivity index (χ1) is 8.22. The molecule has 2 rings (SSSR count). The van der Waals surface area contributed by atoms with Crippen molar-refractivity contribution in [3.8, 4) is 5.75 Å². The number of hydrogen-bond donors (Lipinski definition) is 2. The topological polar surface area (TPSA) is 67.6 Å². The van der Waals surface area contributed by atoms with Gasteiger partial charge in [0.05, 0.1) is 5.69 Å². The summed E-state index contributed by atoms with van der Waals surface area (Å²) in [7, 11) is 1.90. The SMILES string of the molecule is CNCCCN1C(=O)COc2ccc(N)cc21. The Morgan fingerprint density at radius 2 is 2.35 bits per heavy atom. The first-order valence-corrected chi connectivity index (χ1v) is 5.69. The monoisotopic (exact) mass is 235 g/mol. The summed E-state index contributed by atoms with van der Waals surface area (Å²) in [6, 6.07) is 5.37. The molecule has 0 bridgehead atoms. The van der Waals surface area contributed by atoms with Crippen LogP contribution < -0.4 is 20.7 Å². The van der Waals surface area contributed by atoms with E-state index < -0.39 is 0 Å². The van der Waals surface area contributed by atoms with E-state index in [0.717, 1.165) is 24.4 Å². The van der Waals surface area contributed by atoms with E-state index >= 15 is 0 Å². The molecular formula is C12H17N3O2. The van der Waals surface area contributed by atoms with E-state index in [4.69, 9.17) is 10.5 Å². The minimum absolute atomic E-state index is 0.0146. The molecular weight excluding hydrogens is 218 g/mol. The molecule has 5 heteroatoms. The zero-order valence-corrected chi connectivity index (χ0v) is 9.90. The standard InChI is InChI=1S/C12H17N3O2/c1-14-5-2-6-15-10-7-9(13)3-4-11(10)17-8-12(15)16/h3-4,7,14H,2,5-6,8,13H2,1H3. The normalized spacial score (nSPS) is 14.4. The number of nitrogen functional groups attached to an aromatic ring is 1. The summed E-state index contributed by atoms with van der Waals surface area (Å²) >= 11 is 0. The summed E-state index contributed by atoms with van der Waals surface area (Å²) in [5.74, 6) is 0.711. The predicted octanol–water partition coefficient (Wildman–Crippen LogP) is 0.604. The summed E-state index contributed by atoms with van der Waals surface area (Å²) in [5, 5.41) is 3.06. The zero-order chi connectivity index (χ0) is 12.3. The van der Waals surface area contributed by atoms with E-state index in [1.165, 1.54) is 0 Å². The van der Waals surface area contributed by atoms with Gasteiger partial charge in [0, 0.05) is 12.2 Å². The van der Waals surface area contributed by atoms with Crippen molar-refractivity contribution in [1.29, 1.82) is 0 Å². The first kappa shape index (κ1) is 11.7. The summed E-state index contributed by atoms with van der Waals surface area (Å²) in [6.45, 7) is 1.66. The van der Waals surface area contributed by atoms with Crippen molar-refractivity contribution in [2.24, 2.45) is 0 Å².